The van der Waals surface area contributed by atoms with Crippen LogP contribution in [0.1, 0.15) is 37.4 Å². The quantitative estimate of drug-likeness (QED) is 0.328. The maximum absolute atomic E-state index is 13.4. The largest absolute Gasteiger partial charge is 0.467 e. The monoisotopic (exact) mass is 492 g/mol. The van der Waals surface area contributed by atoms with Crippen molar-refractivity contribution in [3.05, 3.63) is 137 Å². The van der Waals surface area contributed by atoms with E-state index in [-0.39, 0.29) is 12.3 Å². The lowest BCUT2D eigenvalue weighted by Crippen LogP contribution is -2.54. The Bertz CT molecular complexity index is 1370. The number of ether oxygens (including phenoxy) is 1. The van der Waals surface area contributed by atoms with Gasteiger partial charge in [-0.1, -0.05) is 78.4 Å². The normalized spacial score (nSPS) is 12.2. The SMILES string of the molecule is COC(=O)[C@](Cc1ccccc1)(NC(=O)c1ccc(C)cc1)c1ccc(NC(=O)c2ccccc2)cc1. The molecule has 0 radical (unpaired) electrons. The zero-order valence-electron chi connectivity index (χ0n) is 20.7. The van der Waals surface area contributed by atoms with E-state index in [1.54, 1.807) is 60.7 Å². The Morgan fingerprint density at radius 2 is 1.27 bits per heavy atom. The summed E-state index contributed by atoms with van der Waals surface area (Å²) in [4.78, 5) is 39.3. The van der Waals surface area contributed by atoms with Crippen molar-refractivity contribution in [2.24, 2.45) is 0 Å². The lowest BCUT2D eigenvalue weighted by molar-refractivity contribution is -0.148. The lowest BCUT2D eigenvalue weighted by atomic mass is 9.83. The first-order valence-corrected chi connectivity index (χ1v) is 11.9. The third-order valence-electron chi connectivity index (χ3n) is 6.16. The van der Waals surface area contributed by atoms with E-state index in [2.05, 4.69) is 10.6 Å². The molecule has 0 saturated carbocycles. The van der Waals surface area contributed by atoms with E-state index in [1.165, 1.54) is 7.11 Å². The van der Waals surface area contributed by atoms with Crippen LogP contribution < -0.4 is 10.6 Å². The molecule has 37 heavy (non-hydrogen) atoms. The fourth-order valence-corrected chi connectivity index (χ4v) is 4.14. The number of aryl methyl sites for hydroxylation is 1. The summed E-state index contributed by atoms with van der Waals surface area (Å²) < 4.78 is 5.23. The molecule has 0 unspecified atom stereocenters. The van der Waals surface area contributed by atoms with Crippen molar-refractivity contribution in [1.29, 1.82) is 0 Å². The third kappa shape index (κ3) is 5.93. The number of methoxy groups -OCH3 is 1. The molecule has 4 rings (SSSR count). The maximum atomic E-state index is 13.4. The molecule has 4 aromatic carbocycles. The van der Waals surface area contributed by atoms with E-state index in [0.717, 1.165) is 11.1 Å². The fraction of sp³-hybridized carbons (Fsp3) is 0.129. The molecule has 0 aliphatic heterocycles. The van der Waals surface area contributed by atoms with Crippen LogP contribution in [-0.4, -0.2) is 24.9 Å². The molecule has 1 atom stereocenters. The summed E-state index contributed by atoms with van der Waals surface area (Å²) in [5.74, 6) is -1.25. The zero-order valence-corrected chi connectivity index (χ0v) is 20.7. The molecule has 6 nitrogen and oxygen atoms in total. The minimum atomic E-state index is -1.50. The number of amides is 2. The molecule has 2 N–H and O–H groups in total. The highest BCUT2D eigenvalue weighted by molar-refractivity contribution is 6.04. The van der Waals surface area contributed by atoms with Crippen LogP contribution in [-0.2, 0) is 21.5 Å². The summed E-state index contributed by atoms with van der Waals surface area (Å²) >= 11 is 0. The Morgan fingerprint density at radius 3 is 1.86 bits per heavy atom. The molecule has 0 aliphatic rings. The van der Waals surface area contributed by atoms with Gasteiger partial charge in [-0.2, -0.15) is 0 Å². The van der Waals surface area contributed by atoms with E-state index < -0.39 is 17.4 Å². The van der Waals surface area contributed by atoms with Gasteiger partial charge in [-0.25, -0.2) is 4.79 Å². The zero-order chi connectivity index (χ0) is 26.3. The first-order valence-electron chi connectivity index (χ1n) is 11.9. The topological polar surface area (TPSA) is 84.5 Å². The predicted octanol–water partition coefficient (Wildman–Crippen LogP) is 5.29. The Balaban J connectivity index is 1.70. The minimum Gasteiger partial charge on any atom is -0.467 e. The predicted molar refractivity (Wildman–Crippen MR) is 143 cm³/mol. The molecule has 0 bridgehead atoms. The van der Waals surface area contributed by atoms with Gasteiger partial charge < -0.3 is 15.4 Å². The van der Waals surface area contributed by atoms with E-state index in [9.17, 15) is 14.4 Å². The van der Waals surface area contributed by atoms with Gasteiger partial charge in [0.15, 0.2) is 5.54 Å². The number of esters is 1. The highest BCUT2D eigenvalue weighted by Gasteiger charge is 2.43. The van der Waals surface area contributed by atoms with E-state index in [1.807, 2.05) is 55.5 Å². The number of carbonyl (C=O) groups excluding carboxylic acids is 3. The van der Waals surface area contributed by atoms with Crippen LogP contribution in [0.15, 0.2) is 109 Å². The van der Waals surface area contributed by atoms with Crippen LogP contribution in [0, 0.1) is 6.92 Å². The number of hydrogen-bond donors (Lipinski definition) is 2. The van der Waals surface area contributed by atoms with Gasteiger partial charge in [0.25, 0.3) is 11.8 Å². The number of rotatable bonds is 8. The average molecular weight is 493 g/mol. The van der Waals surface area contributed by atoms with Gasteiger partial charge in [-0.15, -0.1) is 0 Å². The van der Waals surface area contributed by atoms with Crippen molar-refractivity contribution in [2.75, 3.05) is 12.4 Å². The molecule has 0 aromatic heterocycles. The number of carbonyl (C=O) groups is 3. The molecule has 0 spiro atoms. The Labute approximate surface area is 216 Å². The summed E-state index contributed by atoms with van der Waals surface area (Å²) in [6, 6.07) is 32.3. The van der Waals surface area contributed by atoms with Crippen LogP contribution in [0.4, 0.5) is 5.69 Å². The number of nitrogens with one attached hydrogen (secondary N) is 2. The van der Waals surface area contributed by atoms with Crippen LogP contribution in [0.25, 0.3) is 0 Å². The lowest BCUT2D eigenvalue weighted by Gasteiger charge is -2.33. The maximum Gasteiger partial charge on any atom is 0.336 e. The molecule has 0 saturated heterocycles. The third-order valence-corrected chi connectivity index (χ3v) is 6.16. The van der Waals surface area contributed by atoms with Gasteiger partial charge in [0.05, 0.1) is 7.11 Å². The summed E-state index contributed by atoms with van der Waals surface area (Å²) in [5.41, 5.74) is 2.41. The van der Waals surface area contributed by atoms with Gasteiger partial charge in [-0.05, 0) is 54.4 Å². The summed E-state index contributed by atoms with van der Waals surface area (Å²) in [6.07, 6.45) is 0.174. The smallest absolute Gasteiger partial charge is 0.336 e. The van der Waals surface area contributed by atoms with Crippen molar-refractivity contribution in [3.63, 3.8) is 0 Å². The molecule has 0 fully saturated rings. The fourth-order valence-electron chi connectivity index (χ4n) is 4.14. The first-order chi connectivity index (χ1) is 17.9. The van der Waals surface area contributed by atoms with Crippen LogP contribution in [0.3, 0.4) is 0 Å². The average Bonchev–Trinajstić information content (AvgIpc) is 2.94. The van der Waals surface area contributed by atoms with Gasteiger partial charge in [0.2, 0.25) is 0 Å². The van der Waals surface area contributed by atoms with Crippen molar-refractivity contribution >= 4 is 23.5 Å². The Kier molecular flexibility index (Phi) is 7.79. The molecule has 2 amide bonds. The highest BCUT2D eigenvalue weighted by Crippen LogP contribution is 2.30. The minimum absolute atomic E-state index is 0.174. The van der Waals surface area contributed by atoms with Crippen molar-refractivity contribution in [2.45, 2.75) is 18.9 Å². The molecule has 186 valence electrons. The molecule has 0 aliphatic carbocycles. The van der Waals surface area contributed by atoms with Crippen molar-refractivity contribution in [1.82, 2.24) is 5.32 Å². The second-order valence-corrected chi connectivity index (χ2v) is 8.78. The van der Waals surface area contributed by atoms with Crippen molar-refractivity contribution < 1.29 is 19.1 Å². The standard InChI is InChI=1S/C31H28N2O4/c1-22-13-15-25(16-14-22)29(35)33-31(30(36)37-2,21-23-9-5-3-6-10-23)26-17-19-27(20-18-26)32-28(34)24-11-7-4-8-12-24/h3-20H,21H2,1-2H3,(H,32,34)(H,33,35)/t31-/m1/s1. The van der Waals surface area contributed by atoms with Crippen LogP contribution in [0.5, 0.6) is 0 Å². The summed E-state index contributed by atoms with van der Waals surface area (Å²) in [5, 5.41) is 5.83. The number of benzene rings is 4. The first kappa shape index (κ1) is 25.4. The van der Waals surface area contributed by atoms with E-state index in [0.29, 0.717) is 22.4 Å². The second kappa shape index (κ2) is 11.4. The van der Waals surface area contributed by atoms with Gasteiger partial charge in [0, 0.05) is 23.2 Å². The molecular weight excluding hydrogens is 464 g/mol. The highest BCUT2D eigenvalue weighted by atomic mass is 16.5. The van der Waals surface area contributed by atoms with Crippen molar-refractivity contribution in [3.8, 4) is 0 Å². The van der Waals surface area contributed by atoms with Crippen LogP contribution in [0.2, 0.25) is 0 Å². The molecule has 6 heteroatoms. The van der Waals surface area contributed by atoms with Crippen LogP contribution >= 0.6 is 0 Å². The van der Waals surface area contributed by atoms with Gasteiger partial charge in [-0.3, -0.25) is 9.59 Å². The van der Waals surface area contributed by atoms with Gasteiger partial charge in [0.1, 0.15) is 0 Å². The van der Waals surface area contributed by atoms with E-state index in [4.69, 9.17) is 4.74 Å². The summed E-state index contributed by atoms with van der Waals surface area (Å²) in [7, 11) is 1.30. The molecular formula is C31H28N2O4. The Morgan fingerprint density at radius 1 is 0.703 bits per heavy atom. The number of hydrogen-bond acceptors (Lipinski definition) is 4. The Hall–Kier alpha value is -4.71. The summed E-state index contributed by atoms with van der Waals surface area (Å²) in [6.45, 7) is 1.94. The van der Waals surface area contributed by atoms with E-state index >= 15 is 0 Å². The molecule has 4 aromatic rings. The van der Waals surface area contributed by atoms with Gasteiger partial charge >= 0.3 is 5.97 Å². The molecule has 0 heterocycles. The second-order valence-electron chi connectivity index (χ2n) is 8.78. The number of anilines is 1.